The molecule has 0 atom stereocenters. The van der Waals surface area contributed by atoms with Crippen molar-refractivity contribution in [3.8, 4) is 0 Å². The highest BCUT2D eigenvalue weighted by molar-refractivity contribution is 5.94. The van der Waals surface area contributed by atoms with Crippen LogP contribution in [0.5, 0.6) is 0 Å². The van der Waals surface area contributed by atoms with Crippen LogP contribution in [0.15, 0.2) is 30.6 Å². The van der Waals surface area contributed by atoms with Crippen molar-refractivity contribution >= 4 is 5.91 Å². The van der Waals surface area contributed by atoms with E-state index in [9.17, 15) is 4.79 Å². The molecule has 6 nitrogen and oxygen atoms in total. The summed E-state index contributed by atoms with van der Waals surface area (Å²) in [7, 11) is 0. The van der Waals surface area contributed by atoms with Gasteiger partial charge in [-0.1, -0.05) is 12.1 Å². The maximum Gasteiger partial charge on any atom is 0.251 e. The fourth-order valence-corrected chi connectivity index (χ4v) is 1.57. The van der Waals surface area contributed by atoms with E-state index in [0.717, 1.165) is 12.0 Å². The minimum atomic E-state index is -0.134. The normalized spacial score (nSPS) is 10.3. The lowest BCUT2D eigenvalue weighted by atomic mass is 10.1. The Hall–Kier alpha value is -2.21. The quantitative estimate of drug-likeness (QED) is 0.702. The van der Waals surface area contributed by atoms with Gasteiger partial charge < -0.3 is 11.1 Å². The highest BCUT2D eigenvalue weighted by Gasteiger charge is 2.05. The Morgan fingerprint density at radius 2 is 2.11 bits per heavy atom. The molecule has 0 aliphatic heterocycles. The number of H-pyrrole nitrogens is 1. The zero-order valence-corrected chi connectivity index (χ0v) is 9.89. The first-order chi connectivity index (χ1) is 8.79. The van der Waals surface area contributed by atoms with E-state index in [0.29, 0.717) is 24.5 Å². The molecule has 1 heterocycles. The fraction of sp³-hybridized carbons (Fsp3) is 0.250. The molecule has 0 aliphatic carbocycles. The smallest absolute Gasteiger partial charge is 0.251 e. The Morgan fingerprint density at radius 3 is 2.72 bits per heavy atom. The van der Waals surface area contributed by atoms with E-state index < -0.39 is 0 Å². The van der Waals surface area contributed by atoms with Crippen LogP contribution in [0.1, 0.15) is 21.7 Å². The van der Waals surface area contributed by atoms with E-state index in [-0.39, 0.29) is 5.91 Å². The van der Waals surface area contributed by atoms with Gasteiger partial charge in [0.05, 0.1) is 6.54 Å². The lowest BCUT2D eigenvalue weighted by molar-refractivity contribution is 0.0950. The van der Waals surface area contributed by atoms with Crippen molar-refractivity contribution in [2.75, 3.05) is 6.54 Å². The van der Waals surface area contributed by atoms with Crippen LogP contribution in [-0.2, 0) is 13.0 Å². The molecule has 0 fully saturated rings. The zero-order chi connectivity index (χ0) is 12.8. The Kier molecular flexibility index (Phi) is 4.03. The number of rotatable bonds is 5. The highest BCUT2D eigenvalue weighted by atomic mass is 16.1. The van der Waals surface area contributed by atoms with Gasteiger partial charge in [0.2, 0.25) is 0 Å². The Bertz CT molecular complexity index is 492. The lowest BCUT2D eigenvalue weighted by Gasteiger charge is -2.04. The standard InChI is InChI=1S/C12H15N5O/c13-6-5-9-1-3-10(4-2-9)12(18)14-7-11-15-8-16-17-11/h1-4,8H,5-7,13H2,(H,14,18)(H,15,16,17). The van der Waals surface area contributed by atoms with Gasteiger partial charge in [0.1, 0.15) is 12.2 Å². The van der Waals surface area contributed by atoms with E-state index in [1.165, 1.54) is 6.33 Å². The van der Waals surface area contributed by atoms with E-state index in [2.05, 4.69) is 20.5 Å². The van der Waals surface area contributed by atoms with Crippen molar-refractivity contribution in [2.24, 2.45) is 5.73 Å². The second-order valence-electron chi connectivity index (χ2n) is 3.85. The molecule has 0 saturated heterocycles. The second-order valence-corrected chi connectivity index (χ2v) is 3.85. The van der Waals surface area contributed by atoms with Crippen molar-refractivity contribution in [2.45, 2.75) is 13.0 Å². The molecule has 0 radical (unpaired) electrons. The second kappa shape index (κ2) is 5.92. The molecule has 0 saturated carbocycles. The Morgan fingerprint density at radius 1 is 1.33 bits per heavy atom. The average molecular weight is 245 g/mol. The van der Waals surface area contributed by atoms with Gasteiger partial charge in [0.25, 0.3) is 5.91 Å². The first kappa shape index (κ1) is 12.3. The van der Waals surface area contributed by atoms with Gasteiger partial charge >= 0.3 is 0 Å². The van der Waals surface area contributed by atoms with Gasteiger partial charge in [-0.2, -0.15) is 5.10 Å². The number of hydrogen-bond acceptors (Lipinski definition) is 4. The third-order valence-corrected chi connectivity index (χ3v) is 2.53. The first-order valence-electron chi connectivity index (χ1n) is 5.71. The van der Waals surface area contributed by atoms with Crippen molar-refractivity contribution in [1.82, 2.24) is 20.5 Å². The summed E-state index contributed by atoms with van der Waals surface area (Å²) in [5.41, 5.74) is 7.21. The molecule has 1 aromatic carbocycles. The number of aromatic amines is 1. The third-order valence-electron chi connectivity index (χ3n) is 2.53. The number of carbonyl (C=O) groups is 1. The van der Waals surface area contributed by atoms with Crippen molar-refractivity contribution in [1.29, 1.82) is 0 Å². The van der Waals surface area contributed by atoms with Crippen molar-refractivity contribution < 1.29 is 4.79 Å². The Balaban J connectivity index is 1.92. The summed E-state index contributed by atoms with van der Waals surface area (Å²) >= 11 is 0. The van der Waals surface area contributed by atoms with Crippen LogP contribution < -0.4 is 11.1 Å². The number of benzene rings is 1. The molecule has 0 spiro atoms. The molecule has 0 aliphatic rings. The number of nitrogens with two attached hydrogens (primary N) is 1. The summed E-state index contributed by atoms with van der Waals surface area (Å²) in [5, 5.41) is 9.14. The molecule has 0 unspecified atom stereocenters. The average Bonchev–Trinajstić information content (AvgIpc) is 2.90. The minimum Gasteiger partial charge on any atom is -0.345 e. The molecular formula is C12H15N5O. The number of nitrogens with zero attached hydrogens (tertiary/aromatic N) is 2. The van der Waals surface area contributed by atoms with Gasteiger partial charge in [-0.25, -0.2) is 4.98 Å². The summed E-state index contributed by atoms with van der Waals surface area (Å²) in [6.45, 7) is 0.945. The van der Waals surface area contributed by atoms with Crippen molar-refractivity contribution in [3.63, 3.8) is 0 Å². The predicted octanol–water partition coefficient (Wildman–Crippen LogP) is 0.236. The topological polar surface area (TPSA) is 96.7 Å². The maximum atomic E-state index is 11.8. The predicted molar refractivity (Wildman–Crippen MR) is 66.8 cm³/mol. The maximum absolute atomic E-state index is 11.8. The SMILES string of the molecule is NCCc1ccc(C(=O)NCc2ncn[nH]2)cc1. The van der Waals surface area contributed by atoms with E-state index >= 15 is 0 Å². The minimum absolute atomic E-state index is 0.134. The van der Waals surface area contributed by atoms with Gasteiger partial charge in [-0.15, -0.1) is 0 Å². The van der Waals surface area contributed by atoms with Crippen LogP contribution in [0.3, 0.4) is 0 Å². The largest absolute Gasteiger partial charge is 0.345 e. The fourth-order valence-electron chi connectivity index (χ4n) is 1.57. The molecule has 1 aromatic heterocycles. The number of carbonyl (C=O) groups excluding carboxylic acids is 1. The van der Waals surface area contributed by atoms with Crippen LogP contribution in [0.25, 0.3) is 0 Å². The molecule has 94 valence electrons. The van der Waals surface area contributed by atoms with E-state index in [1.807, 2.05) is 12.1 Å². The van der Waals surface area contributed by atoms with Crippen molar-refractivity contribution in [3.05, 3.63) is 47.5 Å². The molecule has 1 amide bonds. The molecule has 18 heavy (non-hydrogen) atoms. The van der Waals surface area contributed by atoms with Crippen LogP contribution in [0, 0.1) is 0 Å². The van der Waals surface area contributed by atoms with E-state index in [1.54, 1.807) is 12.1 Å². The van der Waals surface area contributed by atoms with Crippen LogP contribution in [0.4, 0.5) is 0 Å². The van der Waals surface area contributed by atoms with Crippen LogP contribution >= 0.6 is 0 Å². The highest BCUT2D eigenvalue weighted by Crippen LogP contribution is 2.05. The van der Waals surface area contributed by atoms with Gasteiger partial charge in [-0.05, 0) is 30.7 Å². The number of aromatic nitrogens is 3. The molecule has 0 bridgehead atoms. The van der Waals surface area contributed by atoms with E-state index in [4.69, 9.17) is 5.73 Å². The summed E-state index contributed by atoms with van der Waals surface area (Å²) < 4.78 is 0. The third kappa shape index (κ3) is 3.14. The number of hydrogen-bond donors (Lipinski definition) is 3. The van der Waals surface area contributed by atoms with Gasteiger partial charge in [-0.3, -0.25) is 9.89 Å². The molecule has 2 rings (SSSR count). The monoisotopic (exact) mass is 245 g/mol. The van der Waals surface area contributed by atoms with Crippen LogP contribution in [-0.4, -0.2) is 27.6 Å². The number of amides is 1. The Labute approximate surface area is 105 Å². The number of nitrogens with one attached hydrogen (secondary N) is 2. The summed E-state index contributed by atoms with van der Waals surface area (Å²) in [6.07, 6.45) is 2.23. The summed E-state index contributed by atoms with van der Waals surface area (Å²) in [6, 6.07) is 7.41. The molecular weight excluding hydrogens is 230 g/mol. The van der Waals surface area contributed by atoms with Gasteiger partial charge in [0.15, 0.2) is 0 Å². The van der Waals surface area contributed by atoms with Crippen LogP contribution in [0.2, 0.25) is 0 Å². The first-order valence-corrected chi connectivity index (χ1v) is 5.71. The molecule has 2 aromatic rings. The molecule has 6 heteroatoms. The van der Waals surface area contributed by atoms with Gasteiger partial charge in [0, 0.05) is 5.56 Å². The lowest BCUT2D eigenvalue weighted by Crippen LogP contribution is -2.23. The summed E-state index contributed by atoms with van der Waals surface area (Å²) in [4.78, 5) is 15.7. The zero-order valence-electron chi connectivity index (χ0n) is 9.89. The molecule has 4 N–H and O–H groups in total. The summed E-state index contributed by atoms with van der Waals surface area (Å²) in [5.74, 6) is 0.494.